The molecule has 2 N–H and O–H groups in total. The molecule has 0 saturated heterocycles. The van der Waals surface area contributed by atoms with Crippen molar-refractivity contribution in [1.29, 1.82) is 0 Å². The van der Waals surface area contributed by atoms with E-state index >= 15 is 0 Å². The number of hydrogen-bond donors (Lipinski definition) is 1. The number of halogens is 1. The van der Waals surface area contributed by atoms with Crippen molar-refractivity contribution in [2.24, 2.45) is 0 Å². The number of nitrogens with two attached hydrogens (primary N) is 1. The van der Waals surface area contributed by atoms with Gasteiger partial charge < -0.3 is 5.73 Å². The number of aromatic nitrogens is 1. The van der Waals surface area contributed by atoms with Gasteiger partial charge in [-0.25, -0.2) is 4.98 Å². The fourth-order valence-electron chi connectivity index (χ4n) is 1.06. The fourth-order valence-corrected chi connectivity index (χ4v) is 1.93. The maximum absolute atomic E-state index is 5.85. The first-order valence-electron chi connectivity index (χ1n) is 3.73. The highest BCUT2D eigenvalue weighted by Crippen LogP contribution is 2.28. The number of benzene rings is 1. The Morgan fingerprint density at radius 1 is 1.38 bits per heavy atom. The van der Waals surface area contributed by atoms with E-state index in [0.717, 1.165) is 15.5 Å². The van der Waals surface area contributed by atoms with E-state index in [1.165, 1.54) is 11.3 Å². The van der Waals surface area contributed by atoms with Crippen LogP contribution in [-0.2, 0) is 0 Å². The van der Waals surface area contributed by atoms with Crippen molar-refractivity contribution in [2.75, 3.05) is 5.73 Å². The van der Waals surface area contributed by atoms with Crippen LogP contribution < -0.4 is 5.73 Å². The Hall–Kier alpha value is -1.06. The SMILES string of the molecule is Nc1ncc(-c2cccc(Cl)c2)s1. The smallest absolute Gasteiger partial charge is 0.180 e. The van der Waals surface area contributed by atoms with Gasteiger partial charge in [0.2, 0.25) is 0 Å². The largest absolute Gasteiger partial charge is 0.375 e. The molecule has 0 radical (unpaired) electrons. The van der Waals surface area contributed by atoms with E-state index in [1.54, 1.807) is 6.20 Å². The second-order valence-corrected chi connectivity index (χ2v) is 4.07. The van der Waals surface area contributed by atoms with Gasteiger partial charge in [-0.3, -0.25) is 0 Å². The molecule has 1 aromatic carbocycles. The van der Waals surface area contributed by atoms with Crippen LogP contribution >= 0.6 is 22.9 Å². The Morgan fingerprint density at radius 3 is 2.85 bits per heavy atom. The van der Waals surface area contributed by atoms with Crippen LogP contribution in [0.4, 0.5) is 5.13 Å². The van der Waals surface area contributed by atoms with E-state index < -0.39 is 0 Å². The third kappa shape index (κ3) is 1.82. The molecule has 0 spiro atoms. The molecule has 2 rings (SSSR count). The first-order valence-corrected chi connectivity index (χ1v) is 4.92. The van der Waals surface area contributed by atoms with Gasteiger partial charge in [-0.2, -0.15) is 0 Å². The predicted octanol–water partition coefficient (Wildman–Crippen LogP) is 3.05. The Balaban J connectivity index is 2.46. The van der Waals surface area contributed by atoms with Crippen molar-refractivity contribution < 1.29 is 0 Å². The highest BCUT2D eigenvalue weighted by molar-refractivity contribution is 7.18. The van der Waals surface area contributed by atoms with Gasteiger partial charge in [-0.05, 0) is 17.7 Å². The summed E-state index contributed by atoms with van der Waals surface area (Å²) in [6, 6.07) is 7.64. The number of nitrogens with zero attached hydrogens (tertiary/aromatic N) is 1. The molecule has 0 saturated carbocycles. The van der Waals surface area contributed by atoms with Gasteiger partial charge in [0.15, 0.2) is 5.13 Å². The summed E-state index contributed by atoms with van der Waals surface area (Å²) in [5, 5.41) is 1.31. The quantitative estimate of drug-likeness (QED) is 0.786. The number of rotatable bonds is 1. The molecule has 2 aromatic rings. The third-order valence-corrected chi connectivity index (χ3v) is 2.74. The van der Waals surface area contributed by atoms with E-state index in [4.69, 9.17) is 17.3 Å². The highest BCUT2D eigenvalue weighted by atomic mass is 35.5. The molecular formula is C9H7ClN2S. The van der Waals surface area contributed by atoms with Crippen LogP contribution in [0.1, 0.15) is 0 Å². The topological polar surface area (TPSA) is 38.9 Å². The van der Waals surface area contributed by atoms with E-state index in [0.29, 0.717) is 5.13 Å². The lowest BCUT2D eigenvalue weighted by Crippen LogP contribution is -1.77. The standard InChI is InChI=1S/C9H7ClN2S/c10-7-3-1-2-6(4-7)8-5-12-9(11)13-8/h1-5H,(H2,11,12). The number of hydrogen-bond acceptors (Lipinski definition) is 3. The van der Waals surface area contributed by atoms with Crippen LogP contribution in [0, 0.1) is 0 Å². The van der Waals surface area contributed by atoms with Crippen LogP contribution in [0.2, 0.25) is 5.02 Å². The number of thiazole rings is 1. The summed E-state index contributed by atoms with van der Waals surface area (Å²) in [6.45, 7) is 0. The molecule has 0 bridgehead atoms. The van der Waals surface area contributed by atoms with Gasteiger partial charge >= 0.3 is 0 Å². The van der Waals surface area contributed by atoms with E-state index in [-0.39, 0.29) is 0 Å². The monoisotopic (exact) mass is 210 g/mol. The van der Waals surface area contributed by atoms with Gasteiger partial charge in [0.05, 0.1) is 4.88 Å². The molecule has 0 aliphatic rings. The summed E-state index contributed by atoms with van der Waals surface area (Å²) < 4.78 is 0. The fraction of sp³-hybridized carbons (Fsp3) is 0. The molecule has 1 heterocycles. The van der Waals surface area contributed by atoms with Gasteiger partial charge in [0.1, 0.15) is 0 Å². The third-order valence-electron chi connectivity index (χ3n) is 1.63. The molecule has 1 aromatic heterocycles. The predicted molar refractivity (Wildman–Crippen MR) is 57.0 cm³/mol. The van der Waals surface area contributed by atoms with Crippen molar-refractivity contribution in [1.82, 2.24) is 4.98 Å². The Morgan fingerprint density at radius 2 is 2.23 bits per heavy atom. The second-order valence-electron chi connectivity index (χ2n) is 2.57. The molecule has 66 valence electrons. The summed E-state index contributed by atoms with van der Waals surface area (Å²) >= 11 is 7.31. The zero-order chi connectivity index (χ0) is 9.26. The minimum atomic E-state index is 0.579. The molecular weight excluding hydrogens is 204 g/mol. The molecule has 13 heavy (non-hydrogen) atoms. The maximum Gasteiger partial charge on any atom is 0.180 e. The van der Waals surface area contributed by atoms with Crippen molar-refractivity contribution in [3.63, 3.8) is 0 Å². The van der Waals surface area contributed by atoms with Crippen LogP contribution in [0.25, 0.3) is 10.4 Å². The Bertz CT molecular complexity index is 425. The molecule has 0 aliphatic heterocycles. The maximum atomic E-state index is 5.85. The van der Waals surface area contributed by atoms with Crippen molar-refractivity contribution in [3.8, 4) is 10.4 Å². The second kappa shape index (κ2) is 3.36. The highest BCUT2D eigenvalue weighted by Gasteiger charge is 2.01. The molecule has 0 aliphatic carbocycles. The van der Waals surface area contributed by atoms with E-state index in [9.17, 15) is 0 Å². The van der Waals surface area contributed by atoms with Crippen LogP contribution in [0.5, 0.6) is 0 Å². The van der Waals surface area contributed by atoms with E-state index in [1.807, 2.05) is 24.3 Å². The van der Waals surface area contributed by atoms with Crippen molar-refractivity contribution in [3.05, 3.63) is 35.5 Å². The van der Waals surface area contributed by atoms with Crippen molar-refractivity contribution >= 4 is 28.1 Å². The zero-order valence-electron chi connectivity index (χ0n) is 6.70. The summed E-state index contributed by atoms with van der Waals surface area (Å²) in [7, 11) is 0. The summed E-state index contributed by atoms with van der Waals surface area (Å²) in [5.41, 5.74) is 6.59. The van der Waals surface area contributed by atoms with Crippen LogP contribution in [-0.4, -0.2) is 4.98 Å². The Labute approximate surface area is 85.0 Å². The van der Waals surface area contributed by atoms with Crippen molar-refractivity contribution in [2.45, 2.75) is 0 Å². The number of nitrogen functional groups attached to an aromatic ring is 1. The van der Waals surface area contributed by atoms with Gasteiger partial charge in [-0.1, -0.05) is 35.1 Å². The van der Waals surface area contributed by atoms with E-state index in [2.05, 4.69) is 4.98 Å². The lowest BCUT2D eigenvalue weighted by atomic mass is 10.2. The molecule has 0 amide bonds. The normalized spacial score (nSPS) is 10.2. The molecule has 0 unspecified atom stereocenters. The summed E-state index contributed by atoms with van der Waals surface area (Å²) in [5.74, 6) is 0. The first kappa shape index (κ1) is 8.53. The van der Waals surface area contributed by atoms with Gasteiger partial charge in [-0.15, -0.1) is 0 Å². The lowest BCUT2D eigenvalue weighted by Gasteiger charge is -1.95. The Kier molecular flexibility index (Phi) is 2.20. The minimum Gasteiger partial charge on any atom is -0.375 e. The van der Waals surface area contributed by atoms with Gasteiger partial charge in [0, 0.05) is 11.2 Å². The molecule has 0 fully saturated rings. The van der Waals surface area contributed by atoms with Crippen LogP contribution in [0.15, 0.2) is 30.5 Å². The molecule has 2 nitrogen and oxygen atoms in total. The molecule has 4 heteroatoms. The number of anilines is 1. The minimum absolute atomic E-state index is 0.579. The first-order chi connectivity index (χ1) is 6.25. The lowest BCUT2D eigenvalue weighted by molar-refractivity contribution is 1.42. The summed E-state index contributed by atoms with van der Waals surface area (Å²) in [6.07, 6.45) is 1.76. The zero-order valence-corrected chi connectivity index (χ0v) is 8.27. The average Bonchev–Trinajstić information content (AvgIpc) is 2.52. The van der Waals surface area contributed by atoms with Crippen LogP contribution in [0.3, 0.4) is 0 Å². The summed E-state index contributed by atoms with van der Waals surface area (Å²) in [4.78, 5) is 5.02. The molecule has 0 atom stereocenters. The van der Waals surface area contributed by atoms with Gasteiger partial charge in [0.25, 0.3) is 0 Å². The average molecular weight is 211 g/mol.